The summed E-state index contributed by atoms with van der Waals surface area (Å²) in [6.07, 6.45) is 5.64. The molecule has 0 saturated carbocycles. The number of hydrogen-bond acceptors (Lipinski definition) is 2. The quantitative estimate of drug-likeness (QED) is 0.790. The van der Waals surface area contributed by atoms with Gasteiger partial charge < -0.3 is 10.1 Å². The van der Waals surface area contributed by atoms with Gasteiger partial charge in [-0.3, -0.25) is 0 Å². The predicted octanol–water partition coefficient (Wildman–Crippen LogP) is 4.26. The minimum atomic E-state index is -0.699. The normalized spacial score (nSPS) is 20.6. The molecular formula is C17H14ClNO. The third-order valence-corrected chi connectivity index (χ3v) is 3.83. The van der Waals surface area contributed by atoms with Gasteiger partial charge in [0.2, 0.25) is 0 Å². The van der Waals surface area contributed by atoms with Crippen molar-refractivity contribution in [3.63, 3.8) is 0 Å². The fraction of sp³-hybridized carbons (Fsp3) is 0.176. The highest BCUT2D eigenvalue weighted by Crippen LogP contribution is 2.37. The number of halogens is 1. The molecule has 20 heavy (non-hydrogen) atoms. The molecule has 0 saturated heterocycles. The number of anilines is 1. The number of terminal acetylenes is 1. The number of nitrogens with one attached hydrogen (secondary N) is 1. The summed E-state index contributed by atoms with van der Waals surface area (Å²) >= 11 is 6.05. The Labute approximate surface area is 123 Å². The molecule has 3 rings (SSSR count). The highest BCUT2D eigenvalue weighted by molar-refractivity contribution is 6.30. The third-order valence-electron chi connectivity index (χ3n) is 3.59. The molecule has 0 amide bonds. The lowest BCUT2D eigenvalue weighted by Gasteiger charge is -2.32. The van der Waals surface area contributed by atoms with E-state index in [1.54, 1.807) is 0 Å². The summed E-state index contributed by atoms with van der Waals surface area (Å²) in [5.41, 5.74) is 3.42. The predicted molar refractivity (Wildman–Crippen MR) is 82.6 cm³/mol. The van der Waals surface area contributed by atoms with E-state index in [2.05, 4.69) is 23.4 Å². The first kappa shape index (κ1) is 13.1. The van der Waals surface area contributed by atoms with Crippen molar-refractivity contribution in [2.24, 2.45) is 0 Å². The van der Waals surface area contributed by atoms with Crippen LogP contribution in [0, 0.1) is 12.3 Å². The Morgan fingerprint density at radius 2 is 2.05 bits per heavy atom. The molecule has 0 aliphatic carbocycles. The van der Waals surface area contributed by atoms with E-state index in [0.717, 1.165) is 22.4 Å². The molecule has 2 aromatic carbocycles. The second-order valence-electron chi connectivity index (χ2n) is 4.91. The van der Waals surface area contributed by atoms with Crippen molar-refractivity contribution in [1.82, 2.24) is 0 Å². The highest BCUT2D eigenvalue weighted by atomic mass is 35.5. The Bertz CT molecular complexity index is 704. The first-order chi connectivity index (χ1) is 9.62. The van der Waals surface area contributed by atoms with Gasteiger partial charge in [-0.1, -0.05) is 35.7 Å². The van der Waals surface area contributed by atoms with E-state index in [0.29, 0.717) is 11.8 Å². The van der Waals surface area contributed by atoms with Gasteiger partial charge in [0, 0.05) is 16.3 Å². The molecule has 2 nitrogen and oxygen atoms in total. The van der Waals surface area contributed by atoms with Crippen molar-refractivity contribution in [2.75, 3.05) is 12.0 Å². The second kappa shape index (κ2) is 4.86. The molecule has 1 unspecified atom stereocenters. The molecular weight excluding hydrogens is 270 g/mol. The first-order valence-electron chi connectivity index (χ1n) is 6.38. The van der Waals surface area contributed by atoms with Crippen LogP contribution >= 0.6 is 11.6 Å². The van der Waals surface area contributed by atoms with E-state index in [1.165, 1.54) is 0 Å². The van der Waals surface area contributed by atoms with Gasteiger partial charge in [-0.2, -0.15) is 0 Å². The van der Waals surface area contributed by atoms with Gasteiger partial charge in [-0.15, -0.1) is 6.42 Å². The van der Waals surface area contributed by atoms with Crippen molar-refractivity contribution in [3.05, 3.63) is 53.1 Å². The Morgan fingerprint density at radius 1 is 1.25 bits per heavy atom. The van der Waals surface area contributed by atoms with E-state index < -0.39 is 5.60 Å². The van der Waals surface area contributed by atoms with Gasteiger partial charge >= 0.3 is 0 Å². The summed E-state index contributed by atoms with van der Waals surface area (Å²) in [6.45, 7) is 2.33. The van der Waals surface area contributed by atoms with Crippen LogP contribution in [0.4, 0.5) is 5.69 Å². The summed E-state index contributed by atoms with van der Waals surface area (Å²) in [7, 11) is 0. The minimum Gasteiger partial charge on any atom is -0.362 e. The maximum Gasteiger partial charge on any atom is 0.155 e. The van der Waals surface area contributed by atoms with Crippen LogP contribution < -0.4 is 5.32 Å². The Hall–Kier alpha value is -1.95. The van der Waals surface area contributed by atoms with Gasteiger partial charge in [0.1, 0.15) is 6.73 Å². The van der Waals surface area contributed by atoms with Crippen molar-refractivity contribution < 1.29 is 4.74 Å². The van der Waals surface area contributed by atoms with E-state index >= 15 is 0 Å². The smallest absolute Gasteiger partial charge is 0.155 e. The van der Waals surface area contributed by atoms with Crippen LogP contribution in [0.15, 0.2) is 42.5 Å². The standard InChI is InChI=1S/C17H14ClNO/c1-3-17(2)15-10-13(7-8-16(15)19-11-20-17)12-5-4-6-14(18)9-12/h1,4-10,19H,11H2,2H3. The summed E-state index contributed by atoms with van der Waals surface area (Å²) in [4.78, 5) is 0. The zero-order valence-electron chi connectivity index (χ0n) is 11.1. The summed E-state index contributed by atoms with van der Waals surface area (Å²) in [6, 6.07) is 13.9. The van der Waals surface area contributed by atoms with E-state index in [-0.39, 0.29) is 0 Å². The fourth-order valence-electron chi connectivity index (χ4n) is 2.40. The Morgan fingerprint density at radius 3 is 2.80 bits per heavy atom. The Balaban J connectivity index is 2.13. The lowest BCUT2D eigenvalue weighted by atomic mass is 9.90. The lowest BCUT2D eigenvalue weighted by molar-refractivity contribution is 0.0147. The van der Waals surface area contributed by atoms with Crippen LogP contribution in [-0.2, 0) is 10.3 Å². The number of fused-ring (bicyclic) bond motifs is 1. The molecule has 0 radical (unpaired) electrons. The number of benzene rings is 2. The lowest BCUT2D eigenvalue weighted by Crippen LogP contribution is -2.32. The van der Waals surface area contributed by atoms with Crippen molar-refractivity contribution in [2.45, 2.75) is 12.5 Å². The van der Waals surface area contributed by atoms with Gasteiger partial charge in [-0.25, -0.2) is 0 Å². The summed E-state index contributed by atoms with van der Waals surface area (Å²) in [5, 5.41) is 3.92. The highest BCUT2D eigenvalue weighted by Gasteiger charge is 2.31. The molecule has 0 aromatic heterocycles. The van der Waals surface area contributed by atoms with Crippen LogP contribution in [0.3, 0.4) is 0 Å². The maximum atomic E-state index is 6.05. The molecule has 1 atom stereocenters. The zero-order chi connectivity index (χ0) is 14.2. The van der Waals surface area contributed by atoms with E-state index in [4.69, 9.17) is 22.8 Å². The van der Waals surface area contributed by atoms with Gasteiger partial charge in [0.25, 0.3) is 0 Å². The molecule has 0 bridgehead atoms. The molecule has 0 spiro atoms. The molecule has 2 aromatic rings. The molecule has 3 heteroatoms. The van der Waals surface area contributed by atoms with Gasteiger partial charge in [0.15, 0.2) is 5.60 Å². The third kappa shape index (κ3) is 2.16. The zero-order valence-corrected chi connectivity index (χ0v) is 11.9. The van der Waals surface area contributed by atoms with Crippen LogP contribution in [0.25, 0.3) is 11.1 Å². The van der Waals surface area contributed by atoms with Crippen LogP contribution in [-0.4, -0.2) is 6.73 Å². The number of rotatable bonds is 1. The molecule has 1 N–H and O–H groups in total. The van der Waals surface area contributed by atoms with E-state index in [9.17, 15) is 0 Å². The van der Waals surface area contributed by atoms with Crippen molar-refractivity contribution >= 4 is 17.3 Å². The van der Waals surface area contributed by atoms with Gasteiger partial charge in [-0.05, 0) is 42.3 Å². The molecule has 1 heterocycles. The number of hydrogen-bond donors (Lipinski definition) is 1. The molecule has 100 valence electrons. The van der Waals surface area contributed by atoms with Gasteiger partial charge in [0.05, 0.1) is 0 Å². The SMILES string of the molecule is C#CC1(C)OCNc2ccc(-c3cccc(Cl)c3)cc21. The van der Waals surface area contributed by atoms with Crippen molar-refractivity contribution in [3.8, 4) is 23.5 Å². The van der Waals surface area contributed by atoms with Crippen LogP contribution in [0.1, 0.15) is 12.5 Å². The van der Waals surface area contributed by atoms with E-state index in [1.807, 2.05) is 37.3 Å². The average Bonchev–Trinajstić information content (AvgIpc) is 2.47. The molecule has 1 aliphatic heterocycles. The van der Waals surface area contributed by atoms with Crippen molar-refractivity contribution in [1.29, 1.82) is 0 Å². The molecule has 0 fully saturated rings. The second-order valence-corrected chi connectivity index (χ2v) is 5.35. The number of ether oxygens (including phenoxy) is 1. The fourth-order valence-corrected chi connectivity index (χ4v) is 2.59. The minimum absolute atomic E-state index is 0.421. The van der Waals surface area contributed by atoms with Crippen LogP contribution in [0.5, 0.6) is 0 Å². The largest absolute Gasteiger partial charge is 0.362 e. The monoisotopic (exact) mass is 283 g/mol. The summed E-state index contributed by atoms with van der Waals surface area (Å²) in [5.74, 6) is 2.74. The average molecular weight is 284 g/mol. The summed E-state index contributed by atoms with van der Waals surface area (Å²) < 4.78 is 5.68. The topological polar surface area (TPSA) is 21.3 Å². The Kier molecular flexibility index (Phi) is 3.17. The first-order valence-corrected chi connectivity index (χ1v) is 6.76. The molecule has 1 aliphatic rings. The maximum absolute atomic E-state index is 6.05. The van der Waals surface area contributed by atoms with Crippen LogP contribution in [0.2, 0.25) is 5.02 Å².